The van der Waals surface area contributed by atoms with E-state index in [9.17, 15) is 5.26 Å². The highest BCUT2D eigenvalue weighted by Gasteiger charge is 2.19. The molecule has 0 aliphatic carbocycles. The minimum Gasteiger partial charge on any atom is -0.192 e. The van der Waals surface area contributed by atoms with Crippen LogP contribution in [-0.2, 0) is 0 Å². The summed E-state index contributed by atoms with van der Waals surface area (Å²) in [6.45, 7) is 0. The van der Waals surface area contributed by atoms with Crippen LogP contribution in [0.25, 0.3) is 66.8 Å². The third kappa shape index (κ3) is 5.22. The summed E-state index contributed by atoms with van der Waals surface area (Å²) in [6, 6.07) is 63.8. The third-order valence-corrected chi connectivity index (χ3v) is 8.18. The van der Waals surface area contributed by atoms with Gasteiger partial charge in [-0.05, 0) is 67.8 Å². The SMILES string of the molecule is N#Cc1c(-c2cc(-c3ccccc3)ccc2-c2ccccc2)cccc1-c1cc(-c2ccccc2)ccc1-c1ccccc1. The van der Waals surface area contributed by atoms with Crippen molar-refractivity contribution in [2.45, 2.75) is 0 Å². The van der Waals surface area contributed by atoms with Gasteiger partial charge in [0.25, 0.3) is 0 Å². The smallest absolute Gasteiger partial charge is 0.100 e. The molecule has 7 aromatic rings. The van der Waals surface area contributed by atoms with Crippen LogP contribution in [0.3, 0.4) is 0 Å². The third-order valence-electron chi connectivity index (χ3n) is 8.18. The summed E-state index contributed by atoms with van der Waals surface area (Å²) in [6.07, 6.45) is 0. The molecule has 0 aromatic heterocycles. The van der Waals surface area contributed by atoms with Crippen LogP contribution in [0.15, 0.2) is 176 Å². The molecule has 0 aliphatic rings. The number of nitrogens with zero attached hydrogens (tertiary/aromatic N) is 1. The van der Waals surface area contributed by atoms with Crippen LogP contribution >= 0.6 is 0 Å². The predicted molar refractivity (Wildman–Crippen MR) is 184 cm³/mol. The molecule has 7 aromatic carbocycles. The lowest BCUT2D eigenvalue weighted by atomic mass is 9.84. The molecule has 0 bridgehead atoms. The fraction of sp³-hybridized carbons (Fsp3) is 0. The second kappa shape index (κ2) is 12.1. The normalized spacial score (nSPS) is 10.7. The Morgan fingerprint density at radius 3 is 1.00 bits per heavy atom. The van der Waals surface area contributed by atoms with Gasteiger partial charge in [0.2, 0.25) is 0 Å². The van der Waals surface area contributed by atoms with Crippen molar-refractivity contribution in [3.63, 3.8) is 0 Å². The zero-order valence-electron chi connectivity index (χ0n) is 24.2. The minimum atomic E-state index is 0.664. The van der Waals surface area contributed by atoms with Crippen molar-refractivity contribution in [3.8, 4) is 72.8 Å². The van der Waals surface area contributed by atoms with Gasteiger partial charge in [-0.15, -0.1) is 0 Å². The first-order chi connectivity index (χ1) is 21.8. The van der Waals surface area contributed by atoms with E-state index in [1.54, 1.807) is 0 Å². The van der Waals surface area contributed by atoms with Gasteiger partial charge < -0.3 is 0 Å². The Morgan fingerprint density at radius 1 is 0.273 bits per heavy atom. The summed E-state index contributed by atoms with van der Waals surface area (Å²) < 4.78 is 0. The molecule has 0 atom stereocenters. The van der Waals surface area contributed by atoms with Gasteiger partial charge in [-0.3, -0.25) is 0 Å². The summed E-state index contributed by atoms with van der Waals surface area (Å²) in [4.78, 5) is 0. The molecule has 0 saturated carbocycles. The molecule has 0 fully saturated rings. The number of nitriles is 1. The second-order valence-corrected chi connectivity index (χ2v) is 10.8. The van der Waals surface area contributed by atoms with Crippen molar-refractivity contribution in [2.75, 3.05) is 0 Å². The summed E-state index contributed by atoms with van der Waals surface area (Å²) in [5.74, 6) is 0. The van der Waals surface area contributed by atoms with Crippen molar-refractivity contribution in [3.05, 3.63) is 181 Å². The lowest BCUT2D eigenvalue weighted by molar-refractivity contribution is 1.46. The molecule has 1 heteroatoms. The molecular formula is C43H29N. The lowest BCUT2D eigenvalue weighted by Crippen LogP contribution is -1.95. The average molecular weight is 560 g/mol. The van der Waals surface area contributed by atoms with E-state index in [-0.39, 0.29) is 0 Å². The molecule has 0 spiro atoms. The number of benzene rings is 7. The Kier molecular flexibility index (Phi) is 7.40. The highest BCUT2D eigenvalue weighted by molar-refractivity contribution is 5.95. The van der Waals surface area contributed by atoms with Gasteiger partial charge >= 0.3 is 0 Å². The monoisotopic (exact) mass is 559 g/mol. The van der Waals surface area contributed by atoms with Crippen LogP contribution in [0, 0.1) is 11.3 Å². The maximum atomic E-state index is 10.9. The molecule has 0 heterocycles. The molecule has 0 N–H and O–H groups in total. The zero-order chi connectivity index (χ0) is 29.7. The Labute approximate surface area is 259 Å². The standard InChI is InChI=1S/C43H29N/c44-30-43-39(41-28-35(31-14-5-1-6-15-31)24-26-37(41)33-18-9-3-10-19-33)22-13-23-40(43)42-29-36(32-16-7-2-8-17-32)25-27-38(42)34-20-11-4-12-21-34/h1-29H. The van der Waals surface area contributed by atoms with Crippen molar-refractivity contribution >= 4 is 0 Å². The van der Waals surface area contributed by atoms with Crippen molar-refractivity contribution in [2.24, 2.45) is 0 Å². The summed E-state index contributed by atoms with van der Waals surface area (Å²) in [7, 11) is 0. The van der Waals surface area contributed by atoms with Crippen LogP contribution in [0.5, 0.6) is 0 Å². The van der Waals surface area contributed by atoms with E-state index in [1.807, 2.05) is 24.3 Å². The first kappa shape index (κ1) is 26.9. The summed E-state index contributed by atoms with van der Waals surface area (Å²) >= 11 is 0. The molecule has 206 valence electrons. The molecule has 0 unspecified atom stereocenters. The first-order valence-corrected chi connectivity index (χ1v) is 14.8. The highest BCUT2D eigenvalue weighted by Crippen LogP contribution is 2.43. The first-order valence-electron chi connectivity index (χ1n) is 14.8. The number of rotatable bonds is 6. The van der Waals surface area contributed by atoms with E-state index in [1.165, 1.54) is 0 Å². The van der Waals surface area contributed by atoms with E-state index >= 15 is 0 Å². The van der Waals surface area contributed by atoms with Gasteiger partial charge in [-0.2, -0.15) is 5.26 Å². The van der Waals surface area contributed by atoms with Crippen LogP contribution < -0.4 is 0 Å². The Balaban J connectivity index is 1.49. The Morgan fingerprint density at radius 2 is 0.636 bits per heavy atom. The summed E-state index contributed by atoms with van der Waals surface area (Å²) in [5, 5.41) is 10.9. The topological polar surface area (TPSA) is 23.8 Å². The van der Waals surface area contributed by atoms with Crippen LogP contribution in [0.2, 0.25) is 0 Å². The maximum Gasteiger partial charge on any atom is 0.100 e. The molecule has 7 rings (SSSR count). The van der Waals surface area contributed by atoms with E-state index in [4.69, 9.17) is 0 Å². The fourth-order valence-electron chi connectivity index (χ4n) is 6.02. The molecular weight excluding hydrogens is 530 g/mol. The van der Waals surface area contributed by atoms with Crippen LogP contribution in [0.1, 0.15) is 5.56 Å². The Bertz CT molecular complexity index is 1940. The molecule has 0 radical (unpaired) electrons. The molecule has 44 heavy (non-hydrogen) atoms. The van der Waals surface area contributed by atoms with Gasteiger partial charge in [0.15, 0.2) is 0 Å². The average Bonchev–Trinajstić information content (AvgIpc) is 3.12. The van der Waals surface area contributed by atoms with Crippen LogP contribution in [-0.4, -0.2) is 0 Å². The van der Waals surface area contributed by atoms with E-state index in [0.29, 0.717) is 5.56 Å². The molecule has 0 saturated heterocycles. The van der Waals surface area contributed by atoms with Crippen LogP contribution in [0.4, 0.5) is 0 Å². The summed E-state index contributed by atoms with van der Waals surface area (Å²) in [5.41, 5.74) is 13.5. The maximum absolute atomic E-state index is 10.9. The lowest BCUT2D eigenvalue weighted by Gasteiger charge is -2.18. The van der Waals surface area contributed by atoms with Crippen molar-refractivity contribution in [1.82, 2.24) is 0 Å². The number of hydrogen-bond acceptors (Lipinski definition) is 1. The minimum absolute atomic E-state index is 0.664. The molecule has 0 amide bonds. The van der Waals surface area contributed by atoms with E-state index in [2.05, 4.69) is 158 Å². The molecule has 0 aliphatic heterocycles. The van der Waals surface area contributed by atoms with E-state index < -0.39 is 0 Å². The fourth-order valence-corrected chi connectivity index (χ4v) is 6.02. The van der Waals surface area contributed by atoms with Gasteiger partial charge in [0.05, 0.1) is 5.56 Å². The Hall–Kier alpha value is -5.97. The van der Waals surface area contributed by atoms with Gasteiger partial charge in [-0.25, -0.2) is 0 Å². The quantitative estimate of drug-likeness (QED) is 0.199. The van der Waals surface area contributed by atoms with E-state index in [0.717, 1.165) is 66.8 Å². The van der Waals surface area contributed by atoms with Crippen molar-refractivity contribution in [1.29, 1.82) is 5.26 Å². The van der Waals surface area contributed by atoms with Gasteiger partial charge in [0, 0.05) is 11.1 Å². The second-order valence-electron chi connectivity index (χ2n) is 10.8. The predicted octanol–water partition coefficient (Wildman–Crippen LogP) is 11.6. The number of hydrogen-bond donors (Lipinski definition) is 0. The zero-order valence-corrected chi connectivity index (χ0v) is 24.2. The highest BCUT2D eigenvalue weighted by atomic mass is 14.3. The van der Waals surface area contributed by atoms with Gasteiger partial charge in [0.1, 0.15) is 6.07 Å². The molecule has 1 nitrogen and oxygen atoms in total. The largest absolute Gasteiger partial charge is 0.192 e. The van der Waals surface area contributed by atoms with Crippen molar-refractivity contribution < 1.29 is 0 Å². The van der Waals surface area contributed by atoms with Gasteiger partial charge in [-0.1, -0.05) is 164 Å².